The van der Waals surface area contributed by atoms with Crippen molar-refractivity contribution in [3.8, 4) is 0 Å². The van der Waals surface area contributed by atoms with Crippen LogP contribution in [0, 0.1) is 5.82 Å². The van der Waals surface area contributed by atoms with Crippen LogP contribution in [-0.2, 0) is 0 Å². The van der Waals surface area contributed by atoms with Crippen LogP contribution in [0.25, 0.3) is 0 Å². The molecule has 0 unspecified atom stereocenters. The van der Waals surface area contributed by atoms with Crippen LogP contribution in [0.3, 0.4) is 0 Å². The predicted octanol–water partition coefficient (Wildman–Crippen LogP) is 2.21. The molecule has 0 atom stereocenters. The number of hydrogen-bond acceptors (Lipinski definition) is 2. The molecule has 0 spiro atoms. The lowest BCUT2D eigenvalue weighted by molar-refractivity contribution is 0.0949. The molecule has 3 nitrogen and oxygen atoms in total. The topological polar surface area (TPSA) is 41.1 Å². The van der Waals surface area contributed by atoms with Gasteiger partial charge in [0.15, 0.2) is 0 Å². The van der Waals surface area contributed by atoms with Gasteiger partial charge in [-0.25, -0.2) is 4.39 Å². The zero-order valence-corrected chi connectivity index (χ0v) is 10.5. The molecule has 5 heteroatoms. The molecular formula is C12H16ClFN2O. The van der Waals surface area contributed by atoms with Crippen LogP contribution in [0.4, 0.5) is 4.39 Å². The van der Waals surface area contributed by atoms with Gasteiger partial charge in [0.1, 0.15) is 5.82 Å². The molecule has 1 aromatic carbocycles. The van der Waals surface area contributed by atoms with Crippen LogP contribution in [-0.4, -0.2) is 25.5 Å². The number of benzene rings is 1. The molecule has 0 radical (unpaired) electrons. The van der Waals surface area contributed by atoms with E-state index in [1.165, 1.54) is 12.1 Å². The second-order valence-corrected chi connectivity index (χ2v) is 4.02. The first-order chi connectivity index (χ1) is 8.15. The Labute approximate surface area is 105 Å². The Bertz CT molecular complexity index is 385. The third kappa shape index (κ3) is 4.71. The van der Waals surface area contributed by atoms with Gasteiger partial charge < -0.3 is 10.6 Å². The minimum atomic E-state index is -0.596. The quantitative estimate of drug-likeness (QED) is 0.768. The smallest absolute Gasteiger partial charge is 0.254 e. The fraction of sp³-hybridized carbons (Fsp3) is 0.417. The number of hydrogen-bond donors (Lipinski definition) is 2. The summed E-state index contributed by atoms with van der Waals surface area (Å²) in [5, 5.41) is 6.08. The summed E-state index contributed by atoms with van der Waals surface area (Å²) in [7, 11) is 0. The Morgan fingerprint density at radius 3 is 2.82 bits per heavy atom. The molecule has 0 aromatic heterocycles. The monoisotopic (exact) mass is 258 g/mol. The molecule has 0 saturated carbocycles. The summed E-state index contributed by atoms with van der Waals surface area (Å²) in [4.78, 5) is 11.6. The SMILES string of the molecule is CCNCCCNC(=O)c1ccc(Cl)cc1F. The van der Waals surface area contributed by atoms with Crippen molar-refractivity contribution < 1.29 is 9.18 Å². The maximum absolute atomic E-state index is 13.4. The van der Waals surface area contributed by atoms with Crippen molar-refractivity contribution in [1.82, 2.24) is 10.6 Å². The van der Waals surface area contributed by atoms with Gasteiger partial charge in [-0.1, -0.05) is 18.5 Å². The molecule has 1 aromatic rings. The first-order valence-electron chi connectivity index (χ1n) is 5.59. The van der Waals surface area contributed by atoms with E-state index in [-0.39, 0.29) is 10.6 Å². The lowest BCUT2D eigenvalue weighted by Crippen LogP contribution is -2.27. The molecule has 0 aliphatic heterocycles. The summed E-state index contributed by atoms with van der Waals surface area (Å²) < 4.78 is 13.4. The van der Waals surface area contributed by atoms with Gasteiger partial charge in [-0.3, -0.25) is 4.79 Å². The Morgan fingerprint density at radius 1 is 1.41 bits per heavy atom. The average Bonchev–Trinajstić information content (AvgIpc) is 2.28. The van der Waals surface area contributed by atoms with Crippen molar-refractivity contribution >= 4 is 17.5 Å². The van der Waals surface area contributed by atoms with Gasteiger partial charge in [-0.2, -0.15) is 0 Å². The van der Waals surface area contributed by atoms with E-state index < -0.39 is 11.7 Å². The van der Waals surface area contributed by atoms with Crippen LogP contribution in [0.15, 0.2) is 18.2 Å². The lowest BCUT2D eigenvalue weighted by atomic mass is 10.2. The normalized spacial score (nSPS) is 10.3. The molecule has 94 valence electrons. The summed E-state index contributed by atoms with van der Waals surface area (Å²) in [5.74, 6) is -1.00. The van der Waals surface area contributed by atoms with Gasteiger partial charge in [0.2, 0.25) is 0 Å². The first-order valence-corrected chi connectivity index (χ1v) is 5.97. The molecule has 2 N–H and O–H groups in total. The zero-order valence-electron chi connectivity index (χ0n) is 9.72. The number of rotatable bonds is 6. The third-order valence-corrected chi connectivity index (χ3v) is 2.48. The van der Waals surface area contributed by atoms with E-state index in [0.29, 0.717) is 6.54 Å². The molecule has 0 bridgehead atoms. The van der Waals surface area contributed by atoms with E-state index in [1.807, 2.05) is 6.92 Å². The highest BCUT2D eigenvalue weighted by molar-refractivity contribution is 6.30. The number of carbonyl (C=O) groups excluding carboxylic acids is 1. The molecule has 0 fully saturated rings. The van der Waals surface area contributed by atoms with Crippen LogP contribution >= 0.6 is 11.6 Å². The van der Waals surface area contributed by atoms with Crippen molar-refractivity contribution in [2.24, 2.45) is 0 Å². The van der Waals surface area contributed by atoms with Gasteiger partial charge in [-0.05, 0) is 37.7 Å². The fourth-order valence-corrected chi connectivity index (χ4v) is 1.52. The minimum Gasteiger partial charge on any atom is -0.352 e. The average molecular weight is 259 g/mol. The first kappa shape index (κ1) is 13.9. The fourth-order valence-electron chi connectivity index (χ4n) is 1.36. The predicted molar refractivity (Wildman–Crippen MR) is 66.9 cm³/mol. The molecule has 1 amide bonds. The Kier molecular flexibility index (Phi) is 5.94. The van der Waals surface area contributed by atoms with Crippen molar-refractivity contribution in [1.29, 1.82) is 0 Å². The summed E-state index contributed by atoms with van der Waals surface area (Å²) in [5.41, 5.74) is 0.0258. The van der Waals surface area contributed by atoms with Crippen LogP contribution in [0.1, 0.15) is 23.7 Å². The van der Waals surface area contributed by atoms with Crippen LogP contribution in [0.2, 0.25) is 5.02 Å². The van der Waals surface area contributed by atoms with E-state index in [0.717, 1.165) is 25.6 Å². The molecular weight excluding hydrogens is 243 g/mol. The second-order valence-electron chi connectivity index (χ2n) is 3.59. The maximum Gasteiger partial charge on any atom is 0.254 e. The van der Waals surface area contributed by atoms with Crippen LogP contribution < -0.4 is 10.6 Å². The molecule has 0 aliphatic rings. The number of carbonyl (C=O) groups is 1. The molecule has 0 saturated heterocycles. The minimum absolute atomic E-state index is 0.0258. The van der Waals surface area contributed by atoms with Crippen molar-refractivity contribution in [2.45, 2.75) is 13.3 Å². The van der Waals surface area contributed by atoms with Crippen molar-refractivity contribution in [3.05, 3.63) is 34.6 Å². The van der Waals surface area contributed by atoms with E-state index in [1.54, 1.807) is 0 Å². The van der Waals surface area contributed by atoms with Crippen molar-refractivity contribution in [3.63, 3.8) is 0 Å². The largest absolute Gasteiger partial charge is 0.352 e. The number of halogens is 2. The van der Waals surface area contributed by atoms with Crippen LogP contribution in [0.5, 0.6) is 0 Å². The summed E-state index contributed by atoms with van der Waals surface area (Å²) in [6, 6.07) is 4.02. The van der Waals surface area contributed by atoms with E-state index in [2.05, 4.69) is 10.6 Å². The summed E-state index contributed by atoms with van der Waals surface area (Å²) in [6.45, 7) is 4.27. The summed E-state index contributed by atoms with van der Waals surface area (Å²) >= 11 is 5.60. The molecule has 0 aliphatic carbocycles. The van der Waals surface area contributed by atoms with Gasteiger partial charge in [0.05, 0.1) is 5.56 Å². The highest BCUT2D eigenvalue weighted by atomic mass is 35.5. The number of nitrogens with one attached hydrogen (secondary N) is 2. The standard InChI is InChI=1S/C12H16ClFN2O/c1-2-15-6-3-7-16-12(17)10-5-4-9(13)8-11(10)14/h4-5,8,15H,2-3,6-7H2,1H3,(H,16,17). The lowest BCUT2D eigenvalue weighted by Gasteiger charge is -2.06. The van der Waals surface area contributed by atoms with E-state index >= 15 is 0 Å². The van der Waals surface area contributed by atoms with Gasteiger partial charge in [0, 0.05) is 11.6 Å². The Balaban J connectivity index is 2.42. The molecule has 17 heavy (non-hydrogen) atoms. The maximum atomic E-state index is 13.4. The van der Waals surface area contributed by atoms with E-state index in [4.69, 9.17) is 11.6 Å². The van der Waals surface area contributed by atoms with Gasteiger partial charge in [-0.15, -0.1) is 0 Å². The zero-order chi connectivity index (χ0) is 12.7. The Morgan fingerprint density at radius 2 is 2.18 bits per heavy atom. The second kappa shape index (κ2) is 7.25. The third-order valence-electron chi connectivity index (χ3n) is 2.24. The summed E-state index contributed by atoms with van der Waals surface area (Å²) in [6.07, 6.45) is 0.814. The molecule has 1 rings (SSSR count). The van der Waals surface area contributed by atoms with E-state index in [9.17, 15) is 9.18 Å². The Hall–Kier alpha value is -1.13. The highest BCUT2D eigenvalue weighted by Gasteiger charge is 2.10. The highest BCUT2D eigenvalue weighted by Crippen LogP contribution is 2.14. The molecule has 0 heterocycles. The number of amides is 1. The van der Waals surface area contributed by atoms with Gasteiger partial charge >= 0.3 is 0 Å². The van der Waals surface area contributed by atoms with Gasteiger partial charge in [0.25, 0.3) is 5.91 Å². The van der Waals surface area contributed by atoms with Crippen molar-refractivity contribution in [2.75, 3.05) is 19.6 Å².